The van der Waals surface area contributed by atoms with E-state index in [-0.39, 0.29) is 0 Å². The Balaban J connectivity index is 2.00. The zero-order valence-electron chi connectivity index (χ0n) is 8.61. The second-order valence-electron chi connectivity index (χ2n) is 4.44. The minimum Gasteiger partial charge on any atom is -0.315 e. The Morgan fingerprint density at radius 1 is 1.46 bits per heavy atom. The van der Waals surface area contributed by atoms with Gasteiger partial charge < -0.3 is 4.90 Å². The summed E-state index contributed by atoms with van der Waals surface area (Å²) < 4.78 is 0. The molecule has 0 aromatic carbocycles. The van der Waals surface area contributed by atoms with Gasteiger partial charge in [-0.2, -0.15) is 12.6 Å². The van der Waals surface area contributed by atoms with Gasteiger partial charge in [0.05, 0.1) is 5.37 Å². The second kappa shape index (κ2) is 4.12. The number of hydrogen-bond acceptors (Lipinski definition) is 3. The van der Waals surface area contributed by atoms with E-state index in [1.54, 1.807) is 0 Å². The number of likely N-dealkylation sites (tertiary alicyclic amines) is 2. The summed E-state index contributed by atoms with van der Waals surface area (Å²) in [4.78, 5) is 5.21. The van der Waals surface area contributed by atoms with Crippen molar-refractivity contribution in [2.75, 3.05) is 25.0 Å². The van der Waals surface area contributed by atoms with Gasteiger partial charge in [-0.25, -0.2) is 0 Å². The van der Waals surface area contributed by atoms with E-state index in [9.17, 15) is 0 Å². The van der Waals surface area contributed by atoms with E-state index in [4.69, 9.17) is 0 Å². The van der Waals surface area contributed by atoms with E-state index in [1.165, 1.54) is 47.8 Å². The van der Waals surface area contributed by atoms with E-state index in [1.807, 2.05) is 0 Å². The molecule has 4 heteroatoms. The molecular formula is C9H19AlN2S. The number of rotatable bonds is 2. The van der Waals surface area contributed by atoms with Gasteiger partial charge in [-0.1, -0.05) is 5.41 Å². The molecule has 0 aliphatic carbocycles. The summed E-state index contributed by atoms with van der Waals surface area (Å²) in [5.74, 6) is 0.933. The Bertz CT molecular complexity index is 188. The van der Waals surface area contributed by atoms with Crippen molar-refractivity contribution in [2.24, 2.45) is 5.92 Å². The highest BCUT2D eigenvalue weighted by atomic mass is 32.1. The first kappa shape index (κ1) is 10.3. The molecule has 13 heavy (non-hydrogen) atoms. The van der Waals surface area contributed by atoms with Crippen molar-refractivity contribution in [3.05, 3.63) is 0 Å². The molecule has 2 fully saturated rings. The average molecular weight is 214 g/mol. The lowest BCUT2D eigenvalue weighted by Crippen LogP contribution is -2.44. The second-order valence-corrected chi connectivity index (χ2v) is 5.82. The molecule has 2 rings (SSSR count). The third-order valence-corrected chi connectivity index (χ3v) is 4.65. The van der Waals surface area contributed by atoms with E-state index in [0.29, 0.717) is 5.37 Å². The van der Waals surface area contributed by atoms with Crippen LogP contribution >= 0.6 is 12.6 Å². The predicted molar refractivity (Wildman–Crippen MR) is 62.0 cm³/mol. The molecule has 0 aromatic rings. The van der Waals surface area contributed by atoms with Gasteiger partial charge in [0.2, 0.25) is 16.3 Å². The van der Waals surface area contributed by atoms with Crippen LogP contribution in [0.3, 0.4) is 0 Å². The Hall–Kier alpha value is 0.802. The van der Waals surface area contributed by atoms with E-state index >= 15 is 0 Å². The molecule has 2 bridgehead atoms. The first-order valence-corrected chi connectivity index (χ1v) is 7.30. The van der Waals surface area contributed by atoms with Crippen LogP contribution in [0, 0.1) is 5.92 Å². The van der Waals surface area contributed by atoms with Crippen LogP contribution in [0.15, 0.2) is 0 Å². The van der Waals surface area contributed by atoms with Crippen molar-refractivity contribution < 1.29 is 0 Å². The molecule has 2 nitrogen and oxygen atoms in total. The Morgan fingerprint density at radius 3 is 2.85 bits per heavy atom. The van der Waals surface area contributed by atoms with Gasteiger partial charge in [-0.3, -0.25) is 4.90 Å². The van der Waals surface area contributed by atoms with Crippen molar-refractivity contribution in [2.45, 2.75) is 24.8 Å². The summed E-state index contributed by atoms with van der Waals surface area (Å²) in [7, 11) is 0. The molecule has 2 aliphatic rings. The third kappa shape index (κ3) is 2.08. The summed E-state index contributed by atoms with van der Waals surface area (Å²) >= 11 is 5.87. The minimum absolute atomic E-state index is 0.448. The SMILES string of the molecule is CC(S)N1CC2CC1CN([CH2][AlH2])C2. The van der Waals surface area contributed by atoms with Crippen LogP contribution in [0.1, 0.15) is 13.3 Å². The monoisotopic (exact) mass is 214 g/mol. The van der Waals surface area contributed by atoms with Crippen molar-refractivity contribution in [1.29, 1.82) is 0 Å². The molecule has 0 aromatic heterocycles. The van der Waals surface area contributed by atoms with Gasteiger partial charge in [0.15, 0.2) is 0 Å². The maximum Gasteiger partial charge on any atom is 0.234 e. The number of piperidine rings is 1. The van der Waals surface area contributed by atoms with Crippen molar-refractivity contribution >= 4 is 28.9 Å². The van der Waals surface area contributed by atoms with E-state index in [0.717, 1.165) is 12.0 Å². The fourth-order valence-corrected chi connectivity index (χ4v) is 3.61. The van der Waals surface area contributed by atoms with Gasteiger partial charge in [0.25, 0.3) is 0 Å². The lowest BCUT2D eigenvalue weighted by Gasteiger charge is -2.33. The van der Waals surface area contributed by atoms with Crippen LogP contribution < -0.4 is 0 Å². The molecule has 2 aliphatic heterocycles. The molecule has 0 amide bonds. The quantitative estimate of drug-likeness (QED) is 0.505. The Labute approximate surface area is 94.5 Å². The maximum atomic E-state index is 4.55. The lowest BCUT2D eigenvalue weighted by atomic mass is 10.0. The van der Waals surface area contributed by atoms with E-state index in [2.05, 4.69) is 29.4 Å². The van der Waals surface area contributed by atoms with Gasteiger partial charge in [0.1, 0.15) is 0 Å². The fraction of sp³-hybridized carbons (Fsp3) is 1.00. The van der Waals surface area contributed by atoms with Crippen LogP contribution in [-0.4, -0.2) is 62.5 Å². The molecule has 0 saturated carbocycles. The molecular weight excluding hydrogens is 195 g/mol. The van der Waals surface area contributed by atoms with E-state index < -0.39 is 0 Å². The van der Waals surface area contributed by atoms with Crippen LogP contribution in [-0.2, 0) is 0 Å². The Morgan fingerprint density at radius 2 is 2.23 bits per heavy atom. The van der Waals surface area contributed by atoms with Gasteiger partial charge >= 0.3 is 0 Å². The summed E-state index contributed by atoms with van der Waals surface area (Å²) in [5, 5.41) is 1.80. The molecule has 0 radical (unpaired) electrons. The molecule has 3 atom stereocenters. The highest BCUT2D eigenvalue weighted by molar-refractivity contribution is 7.80. The van der Waals surface area contributed by atoms with Crippen LogP contribution in [0.2, 0.25) is 0 Å². The Kier molecular flexibility index (Phi) is 3.27. The van der Waals surface area contributed by atoms with Crippen LogP contribution in [0.5, 0.6) is 0 Å². The smallest absolute Gasteiger partial charge is 0.234 e. The highest BCUT2D eigenvalue weighted by Crippen LogP contribution is 2.31. The van der Waals surface area contributed by atoms with Crippen LogP contribution in [0.4, 0.5) is 0 Å². The lowest BCUT2D eigenvalue weighted by molar-refractivity contribution is 0.178. The maximum absolute atomic E-state index is 4.55. The number of hydrogen-bond donors (Lipinski definition) is 1. The van der Waals surface area contributed by atoms with Crippen molar-refractivity contribution in [3.8, 4) is 0 Å². The largest absolute Gasteiger partial charge is 0.315 e. The van der Waals surface area contributed by atoms with Gasteiger partial charge in [-0.15, -0.1) is 0 Å². The van der Waals surface area contributed by atoms with Crippen molar-refractivity contribution in [3.63, 3.8) is 0 Å². The van der Waals surface area contributed by atoms with Gasteiger partial charge in [0, 0.05) is 25.7 Å². The molecule has 0 spiro atoms. The summed E-state index contributed by atoms with van der Waals surface area (Å²) in [5.41, 5.74) is 0. The zero-order valence-corrected chi connectivity index (χ0v) is 11.5. The number of thiol groups is 1. The zero-order chi connectivity index (χ0) is 9.42. The van der Waals surface area contributed by atoms with Crippen molar-refractivity contribution in [1.82, 2.24) is 9.80 Å². The average Bonchev–Trinajstić information content (AvgIpc) is 2.41. The predicted octanol–water partition coefficient (Wildman–Crippen LogP) is -0.141. The number of fused-ring (bicyclic) bond motifs is 2. The molecule has 74 valence electrons. The standard InChI is InChI=1S/C9H17N2S.Al.2H/c1-7(12)11-5-8-3-9(11)6-10(2)4-8;;;/h7-9,12H,2-6H2,1H3;;;. The molecule has 2 heterocycles. The first-order valence-electron chi connectivity index (χ1n) is 5.37. The van der Waals surface area contributed by atoms with Crippen LogP contribution in [0.25, 0.3) is 0 Å². The minimum atomic E-state index is 0.448. The molecule has 2 saturated heterocycles. The summed E-state index contributed by atoms with van der Waals surface area (Å²) in [6.45, 7) is 6.13. The highest BCUT2D eigenvalue weighted by Gasteiger charge is 2.38. The summed E-state index contributed by atoms with van der Waals surface area (Å²) in [6, 6.07) is 0.806. The molecule has 0 N–H and O–H groups in total. The topological polar surface area (TPSA) is 6.48 Å². The third-order valence-electron chi connectivity index (χ3n) is 3.46. The molecule has 3 unspecified atom stereocenters. The number of nitrogens with zero attached hydrogens (tertiary/aromatic N) is 2. The first-order chi connectivity index (χ1) is 6.20. The fourth-order valence-electron chi connectivity index (χ4n) is 2.81. The summed E-state index contributed by atoms with van der Waals surface area (Å²) in [6.07, 6.45) is 1.42. The normalized spacial score (nSPS) is 38.0. The van der Waals surface area contributed by atoms with Gasteiger partial charge in [-0.05, 0) is 19.3 Å².